The maximum absolute atomic E-state index is 4.42. The second-order valence-electron chi connectivity index (χ2n) is 5.26. The number of nitrogens with one attached hydrogen (secondary N) is 1. The zero-order chi connectivity index (χ0) is 12.8. The fourth-order valence-corrected chi connectivity index (χ4v) is 2.71. The number of hydrogen-bond acceptors (Lipinski definition) is 3. The van der Waals surface area contributed by atoms with Crippen LogP contribution in [0.15, 0.2) is 24.4 Å². The van der Waals surface area contributed by atoms with Gasteiger partial charge in [0, 0.05) is 18.3 Å². The Kier molecular flexibility index (Phi) is 5.14. The molecule has 0 spiro atoms. The number of piperidine rings is 1. The lowest BCUT2D eigenvalue weighted by Crippen LogP contribution is -2.43. The van der Waals surface area contributed by atoms with E-state index < -0.39 is 0 Å². The van der Waals surface area contributed by atoms with Gasteiger partial charge in [0.25, 0.3) is 0 Å². The summed E-state index contributed by atoms with van der Waals surface area (Å²) in [6.45, 7) is 8.19. The third kappa shape index (κ3) is 3.79. The van der Waals surface area contributed by atoms with Gasteiger partial charge in [0.15, 0.2) is 0 Å². The van der Waals surface area contributed by atoms with Crippen molar-refractivity contribution in [2.75, 3.05) is 19.6 Å². The van der Waals surface area contributed by atoms with Crippen molar-refractivity contribution in [3.05, 3.63) is 30.1 Å². The van der Waals surface area contributed by atoms with Gasteiger partial charge in [-0.1, -0.05) is 13.0 Å². The Hall–Kier alpha value is -0.930. The smallest absolute Gasteiger partial charge is 0.0570 e. The van der Waals surface area contributed by atoms with Crippen LogP contribution in [0.25, 0.3) is 0 Å². The molecule has 1 aromatic heterocycles. The number of rotatable bonds is 5. The Morgan fingerprint density at radius 2 is 2.17 bits per heavy atom. The standard InChI is InChI=1S/C15H25N3/c1-3-10-18-11-7-14(8-12-18)17-13(2)15-6-4-5-9-16-15/h4-6,9,13-14,17H,3,7-8,10-12H2,1-2H3/t13-/m1/s1. The van der Waals surface area contributed by atoms with Crippen molar-refractivity contribution in [3.8, 4) is 0 Å². The predicted molar refractivity (Wildman–Crippen MR) is 75.5 cm³/mol. The molecule has 0 unspecified atom stereocenters. The lowest BCUT2D eigenvalue weighted by molar-refractivity contribution is 0.192. The molecule has 100 valence electrons. The van der Waals surface area contributed by atoms with Crippen LogP contribution in [0.3, 0.4) is 0 Å². The molecule has 1 atom stereocenters. The van der Waals surface area contributed by atoms with Gasteiger partial charge < -0.3 is 10.2 Å². The van der Waals surface area contributed by atoms with Crippen LogP contribution in [0.5, 0.6) is 0 Å². The van der Waals surface area contributed by atoms with Crippen molar-refractivity contribution in [1.82, 2.24) is 15.2 Å². The third-order valence-electron chi connectivity index (χ3n) is 3.74. The molecule has 3 nitrogen and oxygen atoms in total. The third-order valence-corrected chi connectivity index (χ3v) is 3.74. The van der Waals surface area contributed by atoms with Gasteiger partial charge in [-0.15, -0.1) is 0 Å². The monoisotopic (exact) mass is 247 g/mol. The van der Waals surface area contributed by atoms with Crippen LogP contribution >= 0.6 is 0 Å². The van der Waals surface area contributed by atoms with Gasteiger partial charge in [0.1, 0.15) is 0 Å². The van der Waals surface area contributed by atoms with E-state index in [4.69, 9.17) is 0 Å². The lowest BCUT2D eigenvalue weighted by Gasteiger charge is -2.33. The highest BCUT2D eigenvalue weighted by atomic mass is 15.1. The molecule has 1 saturated heterocycles. The molecule has 1 N–H and O–H groups in total. The second kappa shape index (κ2) is 6.86. The highest BCUT2D eigenvalue weighted by Crippen LogP contribution is 2.15. The highest BCUT2D eigenvalue weighted by Gasteiger charge is 2.20. The molecule has 1 fully saturated rings. The Bertz CT molecular complexity index is 331. The summed E-state index contributed by atoms with van der Waals surface area (Å²) in [6, 6.07) is 7.14. The van der Waals surface area contributed by atoms with Gasteiger partial charge in [-0.3, -0.25) is 4.98 Å². The Morgan fingerprint density at radius 1 is 1.39 bits per heavy atom. The molecular weight excluding hydrogens is 222 g/mol. The Balaban J connectivity index is 1.78. The van der Waals surface area contributed by atoms with Crippen molar-refractivity contribution in [3.63, 3.8) is 0 Å². The van der Waals surface area contributed by atoms with Crippen molar-refractivity contribution < 1.29 is 0 Å². The largest absolute Gasteiger partial charge is 0.306 e. The van der Waals surface area contributed by atoms with Gasteiger partial charge in [-0.05, 0) is 58.0 Å². The van der Waals surface area contributed by atoms with E-state index in [0.717, 1.165) is 5.69 Å². The van der Waals surface area contributed by atoms with Crippen LogP contribution < -0.4 is 5.32 Å². The summed E-state index contributed by atoms with van der Waals surface area (Å²) in [5, 5.41) is 3.71. The van der Waals surface area contributed by atoms with Crippen LogP contribution in [0.2, 0.25) is 0 Å². The van der Waals surface area contributed by atoms with Gasteiger partial charge in [-0.2, -0.15) is 0 Å². The molecule has 3 heteroatoms. The van der Waals surface area contributed by atoms with Gasteiger partial charge in [-0.25, -0.2) is 0 Å². The molecule has 0 amide bonds. The van der Waals surface area contributed by atoms with Crippen LogP contribution in [0, 0.1) is 0 Å². The van der Waals surface area contributed by atoms with E-state index >= 15 is 0 Å². The lowest BCUT2D eigenvalue weighted by atomic mass is 10.0. The van der Waals surface area contributed by atoms with Crippen molar-refractivity contribution in [2.24, 2.45) is 0 Å². The summed E-state index contributed by atoms with van der Waals surface area (Å²) in [6.07, 6.45) is 5.66. The number of pyridine rings is 1. The van der Waals surface area contributed by atoms with E-state index in [1.54, 1.807) is 0 Å². The van der Waals surface area contributed by atoms with E-state index in [-0.39, 0.29) is 0 Å². The number of likely N-dealkylation sites (tertiary alicyclic amines) is 1. The van der Waals surface area contributed by atoms with Crippen molar-refractivity contribution in [2.45, 2.75) is 45.2 Å². The number of hydrogen-bond donors (Lipinski definition) is 1. The van der Waals surface area contributed by atoms with Gasteiger partial charge in [0.2, 0.25) is 0 Å². The molecule has 0 bridgehead atoms. The SMILES string of the molecule is CCCN1CCC(N[C@H](C)c2ccccn2)CC1. The summed E-state index contributed by atoms with van der Waals surface area (Å²) in [4.78, 5) is 6.99. The molecule has 1 aromatic rings. The predicted octanol–water partition coefficient (Wildman–Crippen LogP) is 2.61. The molecule has 0 aromatic carbocycles. The molecule has 2 heterocycles. The van der Waals surface area contributed by atoms with Gasteiger partial charge >= 0.3 is 0 Å². The summed E-state index contributed by atoms with van der Waals surface area (Å²) >= 11 is 0. The van der Waals surface area contributed by atoms with E-state index in [9.17, 15) is 0 Å². The second-order valence-corrected chi connectivity index (χ2v) is 5.26. The average Bonchev–Trinajstić information content (AvgIpc) is 2.42. The number of aromatic nitrogens is 1. The van der Waals surface area contributed by atoms with Crippen LogP contribution in [0.1, 0.15) is 44.8 Å². The van der Waals surface area contributed by atoms with Crippen molar-refractivity contribution >= 4 is 0 Å². The minimum absolute atomic E-state index is 0.355. The molecule has 2 rings (SSSR count). The first-order valence-electron chi connectivity index (χ1n) is 7.19. The summed E-state index contributed by atoms with van der Waals surface area (Å²) < 4.78 is 0. The molecule has 18 heavy (non-hydrogen) atoms. The summed E-state index contributed by atoms with van der Waals surface area (Å²) in [5.74, 6) is 0. The van der Waals surface area contributed by atoms with E-state index in [2.05, 4.69) is 41.2 Å². The zero-order valence-electron chi connectivity index (χ0n) is 11.6. The first-order valence-corrected chi connectivity index (χ1v) is 7.19. The van der Waals surface area contributed by atoms with Crippen LogP contribution in [-0.2, 0) is 0 Å². The maximum atomic E-state index is 4.42. The first-order chi connectivity index (χ1) is 8.79. The molecule has 0 radical (unpaired) electrons. The summed E-state index contributed by atoms with van der Waals surface area (Å²) in [5.41, 5.74) is 1.15. The normalized spacial score (nSPS) is 19.9. The fourth-order valence-electron chi connectivity index (χ4n) is 2.71. The molecule has 1 aliphatic rings. The fraction of sp³-hybridized carbons (Fsp3) is 0.667. The maximum Gasteiger partial charge on any atom is 0.0570 e. The average molecular weight is 247 g/mol. The Morgan fingerprint density at radius 3 is 2.78 bits per heavy atom. The van der Waals surface area contributed by atoms with E-state index in [1.807, 2.05) is 12.3 Å². The minimum atomic E-state index is 0.355. The van der Waals surface area contributed by atoms with Crippen LogP contribution in [0.4, 0.5) is 0 Å². The quantitative estimate of drug-likeness (QED) is 0.867. The molecule has 1 aliphatic heterocycles. The highest BCUT2D eigenvalue weighted by molar-refractivity contribution is 5.08. The Labute approximate surface area is 111 Å². The van der Waals surface area contributed by atoms with Crippen molar-refractivity contribution in [1.29, 1.82) is 0 Å². The molecule has 0 aliphatic carbocycles. The van der Waals surface area contributed by atoms with Gasteiger partial charge in [0.05, 0.1) is 5.69 Å². The van der Waals surface area contributed by atoms with E-state index in [0.29, 0.717) is 12.1 Å². The summed E-state index contributed by atoms with van der Waals surface area (Å²) in [7, 11) is 0. The molecular formula is C15H25N3. The first kappa shape index (κ1) is 13.5. The number of nitrogens with zero attached hydrogens (tertiary/aromatic N) is 2. The zero-order valence-corrected chi connectivity index (χ0v) is 11.6. The molecule has 0 saturated carbocycles. The minimum Gasteiger partial charge on any atom is -0.306 e. The van der Waals surface area contributed by atoms with E-state index in [1.165, 1.54) is 38.9 Å². The van der Waals surface area contributed by atoms with Crippen LogP contribution in [-0.4, -0.2) is 35.6 Å². The topological polar surface area (TPSA) is 28.2 Å².